The van der Waals surface area contributed by atoms with Crippen LogP contribution in [0, 0.1) is 6.92 Å². The van der Waals surface area contributed by atoms with Gasteiger partial charge in [-0.25, -0.2) is 9.97 Å². The minimum absolute atomic E-state index is 0.337. The minimum Gasteiger partial charge on any atom is -0.345 e. The first-order valence-electron chi connectivity index (χ1n) is 5.43. The number of thiazole rings is 1. The van der Waals surface area contributed by atoms with E-state index < -0.39 is 0 Å². The van der Waals surface area contributed by atoms with Crippen molar-refractivity contribution in [3.05, 3.63) is 34.3 Å². The second-order valence-electron chi connectivity index (χ2n) is 3.71. The molecule has 1 unspecified atom stereocenters. The first-order valence-corrected chi connectivity index (χ1v) is 6.30. The van der Waals surface area contributed by atoms with Gasteiger partial charge < -0.3 is 10.3 Å². The van der Waals surface area contributed by atoms with Gasteiger partial charge in [0.05, 0.1) is 6.04 Å². The maximum atomic E-state index is 4.34. The molecule has 0 aliphatic heterocycles. The van der Waals surface area contributed by atoms with Gasteiger partial charge in [-0.15, -0.1) is 11.3 Å². The number of hydrogen-bond acceptors (Lipinski definition) is 4. The summed E-state index contributed by atoms with van der Waals surface area (Å²) in [5, 5.41) is 6.64. The SMILES string of the molecule is CCC(NCc1cnc(C)[nH]1)c1nccs1. The molecule has 0 bridgehead atoms. The summed E-state index contributed by atoms with van der Waals surface area (Å²) in [6.07, 6.45) is 4.77. The van der Waals surface area contributed by atoms with Crippen molar-refractivity contribution in [3.63, 3.8) is 0 Å². The summed E-state index contributed by atoms with van der Waals surface area (Å²) in [6.45, 7) is 4.93. The van der Waals surface area contributed by atoms with Gasteiger partial charge in [0.15, 0.2) is 0 Å². The lowest BCUT2D eigenvalue weighted by molar-refractivity contribution is 0.512. The number of nitrogens with zero attached hydrogens (tertiary/aromatic N) is 2. The quantitative estimate of drug-likeness (QED) is 0.838. The van der Waals surface area contributed by atoms with Crippen LogP contribution in [0.5, 0.6) is 0 Å². The standard InChI is InChI=1S/C11H16N4S/c1-3-10(11-12-4-5-16-11)14-7-9-6-13-8(2)15-9/h4-6,10,14H,3,7H2,1-2H3,(H,13,15). The molecule has 0 amide bonds. The molecule has 0 fully saturated rings. The van der Waals surface area contributed by atoms with Gasteiger partial charge in [-0.3, -0.25) is 0 Å². The Morgan fingerprint density at radius 1 is 1.50 bits per heavy atom. The fourth-order valence-electron chi connectivity index (χ4n) is 1.61. The Morgan fingerprint density at radius 3 is 2.94 bits per heavy atom. The lowest BCUT2D eigenvalue weighted by atomic mass is 10.2. The monoisotopic (exact) mass is 236 g/mol. The molecule has 2 aromatic heterocycles. The average molecular weight is 236 g/mol. The highest BCUT2D eigenvalue weighted by Crippen LogP contribution is 2.18. The second kappa shape index (κ2) is 5.23. The second-order valence-corrected chi connectivity index (χ2v) is 4.63. The molecule has 0 radical (unpaired) electrons. The number of hydrogen-bond donors (Lipinski definition) is 2. The molecule has 0 saturated carbocycles. The average Bonchev–Trinajstić information content (AvgIpc) is 2.91. The smallest absolute Gasteiger partial charge is 0.109 e. The minimum atomic E-state index is 0.337. The van der Waals surface area contributed by atoms with Gasteiger partial charge in [-0.05, 0) is 13.3 Å². The summed E-state index contributed by atoms with van der Waals surface area (Å²) < 4.78 is 0. The fraction of sp³-hybridized carbons (Fsp3) is 0.455. The predicted molar refractivity (Wildman–Crippen MR) is 65.3 cm³/mol. The molecule has 0 aliphatic carbocycles. The maximum absolute atomic E-state index is 4.34. The molecule has 2 N–H and O–H groups in total. The zero-order chi connectivity index (χ0) is 11.4. The van der Waals surface area contributed by atoms with Gasteiger partial charge in [0.2, 0.25) is 0 Å². The molecule has 0 aliphatic rings. The van der Waals surface area contributed by atoms with E-state index >= 15 is 0 Å². The Bertz CT molecular complexity index is 421. The van der Waals surface area contributed by atoms with Crippen molar-refractivity contribution in [3.8, 4) is 0 Å². The third kappa shape index (κ3) is 2.68. The van der Waals surface area contributed by atoms with Crippen molar-refractivity contribution >= 4 is 11.3 Å². The zero-order valence-corrected chi connectivity index (χ0v) is 10.3. The Balaban J connectivity index is 1.93. The molecule has 5 heteroatoms. The molecule has 1 atom stereocenters. The molecular formula is C11H16N4S. The Labute approximate surface area is 99.2 Å². The van der Waals surface area contributed by atoms with Crippen molar-refractivity contribution in [2.45, 2.75) is 32.9 Å². The lowest BCUT2D eigenvalue weighted by Crippen LogP contribution is -2.20. The van der Waals surface area contributed by atoms with Crippen LogP contribution in [0.1, 0.15) is 35.9 Å². The molecule has 16 heavy (non-hydrogen) atoms. The van der Waals surface area contributed by atoms with E-state index in [0.717, 1.165) is 29.5 Å². The topological polar surface area (TPSA) is 53.6 Å². The first kappa shape index (κ1) is 11.3. The molecular weight excluding hydrogens is 220 g/mol. The molecule has 0 aromatic carbocycles. The van der Waals surface area contributed by atoms with Crippen LogP contribution in [-0.4, -0.2) is 15.0 Å². The molecule has 2 rings (SSSR count). The molecule has 4 nitrogen and oxygen atoms in total. The van der Waals surface area contributed by atoms with E-state index in [2.05, 4.69) is 27.2 Å². The van der Waals surface area contributed by atoms with Crippen molar-refractivity contribution < 1.29 is 0 Å². The zero-order valence-electron chi connectivity index (χ0n) is 9.53. The Hall–Kier alpha value is -1.20. The summed E-state index contributed by atoms with van der Waals surface area (Å²) in [4.78, 5) is 11.7. The highest BCUT2D eigenvalue weighted by molar-refractivity contribution is 7.09. The van der Waals surface area contributed by atoms with E-state index in [4.69, 9.17) is 0 Å². The molecule has 86 valence electrons. The van der Waals surface area contributed by atoms with E-state index in [0.29, 0.717) is 6.04 Å². The Morgan fingerprint density at radius 2 is 2.38 bits per heavy atom. The van der Waals surface area contributed by atoms with Gasteiger partial charge in [0, 0.05) is 30.0 Å². The van der Waals surface area contributed by atoms with Crippen LogP contribution < -0.4 is 5.32 Å². The third-order valence-electron chi connectivity index (χ3n) is 2.45. The van der Waals surface area contributed by atoms with Crippen molar-refractivity contribution in [2.24, 2.45) is 0 Å². The predicted octanol–water partition coefficient (Wildman–Crippen LogP) is 2.42. The van der Waals surface area contributed by atoms with Gasteiger partial charge in [0.25, 0.3) is 0 Å². The number of aromatic nitrogens is 3. The molecule has 2 aromatic rings. The van der Waals surface area contributed by atoms with E-state index in [-0.39, 0.29) is 0 Å². The largest absolute Gasteiger partial charge is 0.345 e. The van der Waals surface area contributed by atoms with E-state index in [1.807, 2.05) is 24.7 Å². The van der Waals surface area contributed by atoms with Gasteiger partial charge in [0.1, 0.15) is 10.8 Å². The van der Waals surface area contributed by atoms with Crippen molar-refractivity contribution in [1.29, 1.82) is 0 Å². The van der Waals surface area contributed by atoms with Crippen molar-refractivity contribution in [2.75, 3.05) is 0 Å². The van der Waals surface area contributed by atoms with Crippen LogP contribution in [0.15, 0.2) is 17.8 Å². The number of H-pyrrole nitrogens is 1. The summed E-state index contributed by atoms with van der Waals surface area (Å²) in [5.74, 6) is 0.957. The van der Waals surface area contributed by atoms with E-state index in [1.54, 1.807) is 11.3 Å². The molecule has 0 spiro atoms. The third-order valence-corrected chi connectivity index (χ3v) is 3.34. The van der Waals surface area contributed by atoms with Gasteiger partial charge in [-0.2, -0.15) is 0 Å². The van der Waals surface area contributed by atoms with Crippen LogP contribution in [-0.2, 0) is 6.54 Å². The fourth-order valence-corrected chi connectivity index (χ4v) is 2.40. The molecule has 2 heterocycles. The highest BCUT2D eigenvalue weighted by Gasteiger charge is 2.11. The number of aromatic amines is 1. The van der Waals surface area contributed by atoms with Gasteiger partial charge in [-0.1, -0.05) is 6.92 Å². The van der Waals surface area contributed by atoms with Crippen LogP contribution in [0.2, 0.25) is 0 Å². The maximum Gasteiger partial charge on any atom is 0.109 e. The summed E-state index contributed by atoms with van der Waals surface area (Å²) in [6, 6.07) is 0.337. The van der Waals surface area contributed by atoms with Gasteiger partial charge >= 0.3 is 0 Å². The van der Waals surface area contributed by atoms with Crippen LogP contribution in [0.3, 0.4) is 0 Å². The van der Waals surface area contributed by atoms with E-state index in [1.165, 1.54) is 0 Å². The molecule has 0 saturated heterocycles. The summed E-state index contributed by atoms with van der Waals surface area (Å²) in [5.41, 5.74) is 1.12. The van der Waals surface area contributed by atoms with E-state index in [9.17, 15) is 0 Å². The summed E-state index contributed by atoms with van der Waals surface area (Å²) in [7, 11) is 0. The highest BCUT2D eigenvalue weighted by atomic mass is 32.1. The Kier molecular flexibility index (Phi) is 3.69. The van der Waals surface area contributed by atoms with Crippen LogP contribution in [0.25, 0.3) is 0 Å². The normalized spacial score (nSPS) is 12.9. The number of aryl methyl sites for hydroxylation is 1. The van der Waals surface area contributed by atoms with Crippen molar-refractivity contribution in [1.82, 2.24) is 20.3 Å². The number of nitrogens with one attached hydrogen (secondary N) is 2. The van der Waals surface area contributed by atoms with Crippen LogP contribution in [0.4, 0.5) is 0 Å². The lowest BCUT2D eigenvalue weighted by Gasteiger charge is -2.13. The number of rotatable bonds is 5. The number of imidazole rings is 1. The first-order chi connectivity index (χ1) is 7.79. The summed E-state index contributed by atoms with van der Waals surface area (Å²) >= 11 is 1.70. The van der Waals surface area contributed by atoms with Crippen LogP contribution >= 0.6 is 11.3 Å².